The number of halogens is 3. The van der Waals surface area contributed by atoms with Crippen molar-refractivity contribution in [2.24, 2.45) is 0 Å². The third-order valence-electron chi connectivity index (χ3n) is 3.39. The van der Waals surface area contributed by atoms with Gasteiger partial charge in [-0.3, -0.25) is 4.79 Å². The van der Waals surface area contributed by atoms with Crippen LogP contribution in [-0.4, -0.2) is 17.1 Å². The smallest absolute Gasteiger partial charge is 0.419 e. The molecule has 118 valence electrons. The van der Waals surface area contributed by atoms with Crippen molar-refractivity contribution in [2.75, 3.05) is 7.11 Å². The van der Waals surface area contributed by atoms with Gasteiger partial charge in [0.05, 0.1) is 23.6 Å². The van der Waals surface area contributed by atoms with E-state index in [1.165, 1.54) is 12.1 Å². The Labute approximate surface area is 128 Å². The zero-order valence-electron chi connectivity index (χ0n) is 11.9. The van der Waals surface area contributed by atoms with Gasteiger partial charge in [0.1, 0.15) is 11.6 Å². The molecule has 0 spiro atoms. The largest absolute Gasteiger partial charge is 0.496 e. The van der Waals surface area contributed by atoms with Crippen LogP contribution in [0.2, 0.25) is 0 Å². The normalized spacial score (nSPS) is 11.7. The Morgan fingerprint density at radius 2 is 1.87 bits per heavy atom. The number of aromatic nitrogens is 2. The maximum atomic E-state index is 12.9. The molecule has 1 N–H and O–H groups in total. The Bertz CT molecular complexity index is 932. The minimum absolute atomic E-state index is 0.181. The van der Waals surface area contributed by atoms with Gasteiger partial charge in [-0.25, -0.2) is 4.98 Å². The molecule has 0 aliphatic carbocycles. The van der Waals surface area contributed by atoms with Crippen LogP contribution in [0.5, 0.6) is 5.75 Å². The number of para-hydroxylation sites is 1. The predicted molar refractivity (Wildman–Crippen MR) is 79.4 cm³/mol. The molecule has 0 radical (unpaired) electrons. The number of methoxy groups -OCH3 is 1. The number of H-pyrrole nitrogens is 1. The Balaban J connectivity index is 2.18. The minimum Gasteiger partial charge on any atom is -0.496 e. The summed E-state index contributed by atoms with van der Waals surface area (Å²) in [4.78, 5) is 18.9. The third kappa shape index (κ3) is 2.77. The van der Waals surface area contributed by atoms with Crippen molar-refractivity contribution >= 4 is 10.9 Å². The number of benzene rings is 2. The molecule has 1 heterocycles. The first-order valence-electron chi connectivity index (χ1n) is 6.65. The summed E-state index contributed by atoms with van der Waals surface area (Å²) in [5.41, 5.74) is -0.445. The predicted octanol–water partition coefficient (Wildman–Crippen LogP) is 3.62. The Kier molecular flexibility index (Phi) is 3.55. The van der Waals surface area contributed by atoms with E-state index in [4.69, 9.17) is 4.74 Å². The molecule has 0 aliphatic rings. The number of hydrogen-bond donors (Lipinski definition) is 1. The van der Waals surface area contributed by atoms with Gasteiger partial charge in [0.2, 0.25) is 0 Å². The number of hydrogen-bond acceptors (Lipinski definition) is 3. The van der Waals surface area contributed by atoms with Crippen LogP contribution in [0.25, 0.3) is 22.3 Å². The standard InChI is InChI=1S/C16H11F3N2O2/c1-23-13-8-9(6-7-11(13)16(17,18)19)14-20-12-5-3-2-4-10(12)15(22)21-14/h2-8H,1H3,(H,20,21,22). The lowest BCUT2D eigenvalue weighted by Gasteiger charge is -2.13. The summed E-state index contributed by atoms with van der Waals surface area (Å²) in [7, 11) is 1.16. The molecular formula is C16H11F3N2O2. The van der Waals surface area contributed by atoms with Crippen LogP contribution >= 0.6 is 0 Å². The number of rotatable bonds is 2. The van der Waals surface area contributed by atoms with Crippen molar-refractivity contribution in [1.29, 1.82) is 0 Å². The van der Waals surface area contributed by atoms with E-state index in [9.17, 15) is 18.0 Å². The van der Waals surface area contributed by atoms with Crippen molar-refractivity contribution in [2.45, 2.75) is 6.18 Å². The van der Waals surface area contributed by atoms with Gasteiger partial charge in [-0.1, -0.05) is 18.2 Å². The topological polar surface area (TPSA) is 55.0 Å². The van der Waals surface area contributed by atoms with Crippen LogP contribution in [0.1, 0.15) is 5.56 Å². The molecule has 0 aliphatic heterocycles. The highest BCUT2D eigenvalue weighted by Crippen LogP contribution is 2.37. The lowest BCUT2D eigenvalue weighted by Crippen LogP contribution is -2.10. The average Bonchev–Trinajstić information content (AvgIpc) is 2.53. The lowest BCUT2D eigenvalue weighted by atomic mass is 10.1. The maximum Gasteiger partial charge on any atom is 0.419 e. The SMILES string of the molecule is COc1cc(-c2nc3ccccc3c(=O)[nH]2)ccc1C(F)(F)F. The molecule has 0 bridgehead atoms. The first kappa shape index (κ1) is 15.1. The van der Waals surface area contributed by atoms with Crippen molar-refractivity contribution in [3.63, 3.8) is 0 Å². The number of aromatic amines is 1. The molecule has 3 aromatic rings. The average molecular weight is 320 g/mol. The number of nitrogens with one attached hydrogen (secondary N) is 1. The highest BCUT2D eigenvalue weighted by atomic mass is 19.4. The summed E-state index contributed by atoms with van der Waals surface area (Å²) in [6.07, 6.45) is -4.52. The van der Waals surface area contributed by atoms with Gasteiger partial charge in [0, 0.05) is 5.56 Å². The van der Waals surface area contributed by atoms with E-state index in [1.807, 2.05) is 0 Å². The monoisotopic (exact) mass is 320 g/mol. The molecule has 23 heavy (non-hydrogen) atoms. The first-order valence-corrected chi connectivity index (χ1v) is 6.65. The first-order chi connectivity index (χ1) is 10.9. The van der Waals surface area contributed by atoms with Crippen LogP contribution in [0.3, 0.4) is 0 Å². The number of fused-ring (bicyclic) bond motifs is 1. The van der Waals surface area contributed by atoms with Crippen LogP contribution in [0, 0.1) is 0 Å². The van der Waals surface area contributed by atoms with E-state index < -0.39 is 11.7 Å². The summed E-state index contributed by atoms with van der Waals surface area (Å²) in [5, 5.41) is 0.412. The lowest BCUT2D eigenvalue weighted by molar-refractivity contribution is -0.138. The van der Waals surface area contributed by atoms with Gasteiger partial charge < -0.3 is 9.72 Å². The Morgan fingerprint density at radius 1 is 1.13 bits per heavy atom. The molecule has 4 nitrogen and oxygen atoms in total. The quantitative estimate of drug-likeness (QED) is 0.784. The van der Waals surface area contributed by atoms with Gasteiger partial charge in [0.25, 0.3) is 5.56 Å². The van der Waals surface area contributed by atoms with Crippen molar-refractivity contribution in [1.82, 2.24) is 9.97 Å². The fraction of sp³-hybridized carbons (Fsp3) is 0.125. The van der Waals surface area contributed by atoms with Crippen LogP contribution in [0.4, 0.5) is 13.2 Å². The molecule has 0 amide bonds. The second-order valence-corrected chi connectivity index (χ2v) is 4.84. The van der Waals surface area contributed by atoms with Crippen molar-refractivity contribution < 1.29 is 17.9 Å². The summed E-state index contributed by atoms with van der Waals surface area (Å²) in [6.45, 7) is 0. The number of ether oxygens (including phenoxy) is 1. The molecule has 0 saturated carbocycles. The van der Waals surface area contributed by atoms with E-state index in [2.05, 4.69) is 9.97 Å². The van der Waals surface area contributed by atoms with E-state index in [1.54, 1.807) is 24.3 Å². The summed E-state index contributed by atoms with van der Waals surface area (Å²) in [5.74, 6) is -0.147. The molecule has 0 unspecified atom stereocenters. The van der Waals surface area contributed by atoms with E-state index in [-0.39, 0.29) is 17.1 Å². The summed E-state index contributed by atoms with van der Waals surface area (Å²) in [6, 6.07) is 10.1. The molecule has 7 heteroatoms. The molecule has 3 rings (SSSR count). The van der Waals surface area contributed by atoms with E-state index in [0.29, 0.717) is 16.5 Å². The Hall–Kier alpha value is -2.83. The fourth-order valence-corrected chi connectivity index (χ4v) is 2.30. The van der Waals surface area contributed by atoms with Crippen LogP contribution in [-0.2, 0) is 6.18 Å². The number of alkyl halides is 3. The van der Waals surface area contributed by atoms with Gasteiger partial charge in [0.15, 0.2) is 0 Å². The van der Waals surface area contributed by atoms with E-state index >= 15 is 0 Å². The van der Waals surface area contributed by atoms with Gasteiger partial charge in [-0.05, 0) is 24.3 Å². The molecule has 0 saturated heterocycles. The second-order valence-electron chi connectivity index (χ2n) is 4.84. The van der Waals surface area contributed by atoms with Crippen LogP contribution in [0.15, 0.2) is 47.3 Å². The minimum atomic E-state index is -4.52. The highest BCUT2D eigenvalue weighted by molar-refractivity contribution is 5.79. The molecule has 0 fully saturated rings. The number of nitrogens with zero attached hydrogens (tertiary/aromatic N) is 1. The van der Waals surface area contributed by atoms with Crippen molar-refractivity contribution in [3.8, 4) is 17.1 Å². The second kappa shape index (κ2) is 5.42. The van der Waals surface area contributed by atoms with Gasteiger partial charge in [-0.15, -0.1) is 0 Å². The van der Waals surface area contributed by atoms with Crippen molar-refractivity contribution in [3.05, 3.63) is 58.4 Å². The highest BCUT2D eigenvalue weighted by Gasteiger charge is 2.34. The Morgan fingerprint density at radius 3 is 2.57 bits per heavy atom. The third-order valence-corrected chi connectivity index (χ3v) is 3.39. The fourth-order valence-electron chi connectivity index (χ4n) is 2.30. The summed E-state index contributed by atoms with van der Waals surface area (Å²) >= 11 is 0. The maximum absolute atomic E-state index is 12.9. The molecule has 2 aromatic carbocycles. The zero-order chi connectivity index (χ0) is 16.6. The van der Waals surface area contributed by atoms with Gasteiger partial charge in [-0.2, -0.15) is 13.2 Å². The summed E-state index contributed by atoms with van der Waals surface area (Å²) < 4.78 is 43.5. The van der Waals surface area contributed by atoms with Gasteiger partial charge >= 0.3 is 6.18 Å². The molecule has 1 aromatic heterocycles. The van der Waals surface area contributed by atoms with Crippen LogP contribution < -0.4 is 10.3 Å². The zero-order valence-corrected chi connectivity index (χ0v) is 11.9. The van der Waals surface area contributed by atoms with E-state index in [0.717, 1.165) is 13.2 Å². The molecular weight excluding hydrogens is 309 g/mol. The molecule has 0 atom stereocenters.